The molecule has 2 aromatic carbocycles. The van der Waals surface area contributed by atoms with Crippen molar-refractivity contribution in [3.8, 4) is 5.75 Å². The lowest BCUT2D eigenvalue weighted by Gasteiger charge is -2.36. The van der Waals surface area contributed by atoms with E-state index in [1.165, 1.54) is 5.56 Å². The van der Waals surface area contributed by atoms with Gasteiger partial charge in [0.1, 0.15) is 11.4 Å². The maximum atomic E-state index is 15.1. The van der Waals surface area contributed by atoms with Crippen LogP contribution in [0, 0.1) is 0 Å². The van der Waals surface area contributed by atoms with E-state index in [1.54, 1.807) is 17.0 Å². The van der Waals surface area contributed by atoms with Crippen LogP contribution in [0.15, 0.2) is 60.7 Å². The average molecular weight is 368 g/mol. The lowest BCUT2D eigenvalue weighted by molar-refractivity contribution is 0.0590. The number of amides is 1. The van der Waals surface area contributed by atoms with Crippen LogP contribution in [0.5, 0.6) is 5.75 Å². The topological polar surface area (TPSA) is 41.6 Å². The van der Waals surface area contributed by atoms with E-state index < -0.39 is 11.8 Å². The largest absolute Gasteiger partial charge is 0.415 e. The standard InChI is InChI=1S/C22H25FN2O2/c23-22(16-24-20-15-19(20)17-7-3-1-4-8-17)11-13-25(14-12-22)21(26)27-18-9-5-2-6-10-18/h1-10,19-20,24H,11-16H2. The van der Waals surface area contributed by atoms with Crippen LogP contribution in [0.3, 0.4) is 0 Å². The van der Waals surface area contributed by atoms with Gasteiger partial charge in [-0.3, -0.25) is 0 Å². The second-order valence-electron chi connectivity index (χ2n) is 7.56. The summed E-state index contributed by atoms with van der Waals surface area (Å²) >= 11 is 0. The van der Waals surface area contributed by atoms with Crippen molar-refractivity contribution in [2.24, 2.45) is 0 Å². The minimum Gasteiger partial charge on any atom is -0.410 e. The van der Waals surface area contributed by atoms with Gasteiger partial charge in [-0.05, 0) is 24.1 Å². The molecule has 2 fully saturated rings. The summed E-state index contributed by atoms with van der Waals surface area (Å²) in [5.41, 5.74) is 0.0641. The summed E-state index contributed by atoms with van der Waals surface area (Å²) in [6, 6.07) is 19.7. The first-order valence-corrected chi connectivity index (χ1v) is 9.62. The third-order valence-electron chi connectivity index (χ3n) is 5.57. The highest BCUT2D eigenvalue weighted by atomic mass is 19.1. The number of nitrogens with one attached hydrogen (secondary N) is 1. The van der Waals surface area contributed by atoms with Gasteiger partial charge in [0.2, 0.25) is 0 Å². The van der Waals surface area contributed by atoms with E-state index in [0.717, 1.165) is 6.42 Å². The van der Waals surface area contributed by atoms with Crippen LogP contribution in [0.2, 0.25) is 0 Å². The number of benzene rings is 2. The third kappa shape index (κ3) is 4.48. The Bertz CT molecular complexity index is 760. The first kappa shape index (κ1) is 18.0. The van der Waals surface area contributed by atoms with Crippen LogP contribution in [0.25, 0.3) is 0 Å². The van der Waals surface area contributed by atoms with Crippen molar-refractivity contribution in [1.82, 2.24) is 10.2 Å². The summed E-state index contributed by atoms with van der Waals surface area (Å²) in [5, 5.41) is 3.39. The Labute approximate surface area is 159 Å². The highest BCUT2D eigenvalue weighted by molar-refractivity contribution is 5.70. The molecule has 2 aliphatic rings. The van der Waals surface area contributed by atoms with Crippen molar-refractivity contribution in [2.45, 2.75) is 36.9 Å². The van der Waals surface area contributed by atoms with Gasteiger partial charge in [-0.2, -0.15) is 0 Å². The smallest absolute Gasteiger partial charge is 0.410 e. The van der Waals surface area contributed by atoms with Gasteiger partial charge in [-0.25, -0.2) is 9.18 Å². The highest BCUT2D eigenvalue weighted by Crippen LogP contribution is 2.41. The average Bonchev–Trinajstić information content (AvgIpc) is 3.48. The Morgan fingerprint density at radius 3 is 2.37 bits per heavy atom. The van der Waals surface area contributed by atoms with E-state index in [0.29, 0.717) is 50.2 Å². The zero-order chi connectivity index (χ0) is 18.7. The molecule has 4 nitrogen and oxygen atoms in total. The molecule has 1 aliphatic heterocycles. The normalized spacial score (nSPS) is 23.7. The summed E-state index contributed by atoms with van der Waals surface area (Å²) in [7, 11) is 0. The Hall–Kier alpha value is -2.40. The molecule has 1 N–H and O–H groups in total. The Morgan fingerprint density at radius 1 is 1.07 bits per heavy atom. The van der Waals surface area contributed by atoms with Gasteiger partial charge in [-0.1, -0.05) is 48.5 Å². The fourth-order valence-electron chi connectivity index (χ4n) is 3.72. The minimum absolute atomic E-state index is 0.340. The lowest BCUT2D eigenvalue weighted by Crippen LogP contribution is -2.49. The van der Waals surface area contributed by atoms with Crippen LogP contribution in [0.4, 0.5) is 9.18 Å². The quantitative estimate of drug-likeness (QED) is 0.863. The molecule has 2 atom stereocenters. The number of rotatable bonds is 5. The Kier molecular flexibility index (Phi) is 5.12. The van der Waals surface area contributed by atoms with E-state index >= 15 is 4.39 Å². The van der Waals surface area contributed by atoms with Crippen molar-refractivity contribution in [3.63, 3.8) is 0 Å². The zero-order valence-corrected chi connectivity index (χ0v) is 15.3. The van der Waals surface area contributed by atoms with Gasteiger partial charge >= 0.3 is 6.09 Å². The van der Waals surface area contributed by atoms with Gasteiger partial charge < -0.3 is 15.0 Å². The van der Waals surface area contributed by atoms with E-state index in [1.807, 2.05) is 36.4 Å². The zero-order valence-electron chi connectivity index (χ0n) is 15.3. The SMILES string of the molecule is O=C(Oc1ccccc1)N1CCC(F)(CNC2CC2c2ccccc2)CC1. The van der Waals surface area contributed by atoms with Crippen LogP contribution in [-0.2, 0) is 0 Å². The fraction of sp³-hybridized carbons (Fsp3) is 0.409. The number of halogens is 1. The van der Waals surface area contributed by atoms with Gasteiger partial charge in [0, 0.05) is 44.4 Å². The molecule has 0 bridgehead atoms. The van der Waals surface area contributed by atoms with Gasteiger partial charge in [-0.15, -0.1) is 0 Å². The number of para-hydroxylation sites is 1. The molecule has 0 spiro atoms. The first-order chi connectivity index (χ1) is 13.1. The number of carbonyl (C=O) groups is 1. The molecule has 1 saturated carbocycles. The number of ether oxygens (including phenoxy) is 1. The molecular formula is C22H25FN2O2. The molecule has 1 heterocycles. The van der Waals surface area contributed by atoms with E-state index in [-0.39, 0.29) is 0 Å². The monoisotopic (exact) mass is 368 g/mol. The molecule has 1 aliphatic carbocycles. The number of alkyl halides is 1. The fourth-order valence-corrected chi connectivity index (χ4v) is 3.72. The van der Waals surface area contributed by atoms with Crippen molar-refractivity contribution in [3.05, 3.63) is 66.2 Å². The molecule has 1 amide bonds. The van der Waals surface area contributed by atoms with Gasteiger partial charge in [0.05, 0.1) is 0 Å². The lowest BCUT2D eigenvalue weighted by atomic mass is 9.93. The number of piperidine rings is 1. The summed E-state index contributed by atoms with van der Waals surface area (Å²) in [6.45, 7) is 1.12. The maximum absolute atomic E-state index is 15.1. The van der Waals surface area contributed by atoms with Crippen LogP contribution in [0.1, 0.15) is 30.7 Å². The Morgan fingerprint density at radius 2 is 1.70 bits per heavy atom. The van der Waals surface area contributed by atoms with Crippen molar-refractivity contribution < 1.29 is 13.9 Å². The third-order valence-corrected chi connectivity index (χ3v) is 5.57. The van der Waals surface area contributed by atoms with Gasteiger partial charge in [0.15, 0.2) is 0 Å². The van der Waals surface area contributed by atoms with Crippen molar-refractivity contribution in [2.75, 3.05) is 19.6 Å². The predicted octanol–water partition coefficient (Wildman–Crippen LogP) is 4.14. The predicted molar refractivity (Wildman–Crippen MR) is 103 cm³/mol. The van der Waals surface area contributed by atoms with Gasteiger partial charge in [0.25, 0.3) is 0 Å². The molecule has 1 saturated heterocycles. The second-order valence-corrected chi connectivity index (χ2v) is 7.56. The van der Waals surface area contributed by atoms with Crippen LogP contribution >= 0.6 is 0 Å². The molecule has 27 heavy (non-hydrogen) atoms. The number of likely N-dealkylation sites (tertiary alicyclic amines) is 1. The Balaban J connectivity index is 1.22. The van der Waals surface area contributed by atoms with Crippen molar-refractivity contribution >= 4 is 6.09 Å². The molecular weight excluding hydrogens is 343 g/mol. The highest BCUT2D eigenvalue weighted by Gasteiger charge is 2.42. The molecule has 4 rings (SSSR count). The van der Waals surface area contributed by atoms with Crippen molar-refractivity contribution in [1.29, 1.82) is 0 Å². The number of carbonyl (C=O) groups excluding carboxylic acids is 1. The number of hydrogen-bond acceptors (Lipinski definition) is 3. The van der Waals surface area contributed by atoms with Crippen LogP contribution in [-0.4, -0.2) is 42.3 Å². The molecule has 0 aromatic heterocycles. The molecule has 0 radical (unpaired) electrons. The van der Waals surface area contributed by atoms with E-state index in [9.17, 15) is 4.79 Å². The second kappa shape index (κ2) is 7.69. The summed E-state index contributed by atoms with van der Waals surface area (Å²) in [6.07, 6.45) is 1.34. The summed E-state index contributed by atoms with van der Waals surface area (Å²) in [5.74, 6) is 1.01. The van der Waals surface area contributed by atoms with E-state index in [4.69, 9.17) is 4.74 Å². The van der Waals surface area contributed by atoms with Crippen LogP contribution < -0.4 is 10.1 Å². The number of hydrogen-bond donors (Lipinski definition) is 1. The summed E-state index contributed by atoms with van der Waals surface area (Å²) in [4.78, 5) is 13.8. The molecule has 2 aromatic rings. The molecule has 5 heteroatoms. The first-order valence-electron chi connectivity index (χ1n) is 9.62. The number of nitrogens with zero attached hydrogens (tertiary/aromatic N) is 1. The minimum atomic E-state index is -1.26. The molecule has 142 valence electrons. The maximum Gasteiger partial charge on any atom is 0.415 e. The molecule has 2 unspecified atom stereocenters. The van der Waals surface area contributed by atoms with E-state index in [2.05, 4.69) is 17.4 Å². The summed E-state index contributed by atoms with van der Waals surface area (Å²) < 4.78 is 20.5.